The zero-order valence-electron chi connectivity index (χ0n) is 18.7. The summed E-state index contributed by atoms with van der Waals surface area (Å²) in [6, 6.07) is 6.60. The van der Waals surface area contributed by atoms with E-state index in [9.17, 15) is 14.4 Å². The molecule has 1 saturated heterocycles. The second kappa shape index (κ2) is 8.03. The number of aliphatic hydroxyl groups excluding tert-OH is 1. The number of ether oxygens (including phenoxy) is 1. The largest absolute Gasteiger partial charge is 0.460 e. The van der Waals surface area contributed by atoms with Crippen molar-refractivity contribution in [1.82, 2.24) is 14.5 Å². The summed E-state index contributed by atoms with van der Waals surface area (Å²) in [4.78, 5) is 14.6. The second-order valence-corrected chi connectivity index (χ2v) is 8.26. The molecule has 2 atom stereocenters. The summed E-state index contributed by atoms with van der Waals surface area (Å²) >= 11 is 0. The lowest BCUT2D eigenvalue weighted by Crippen LogP contribution is -2.60. The molecule has 4 heterocycles. The number of nitrogens with two attached hydrogens (primary N) is 1. The molecule has 3 N–H and O–H groups in total. The number of rotatable bonds is 5. The summed E-state index contributed by atoms with van der Waals surface area (Å²) < 4.78 is 25.6. The van der Waals surface area contributed by atoms with Gasteiger partial charge in [0.05, 0.1) is 29.5 Å². The maximum atomic E-state index is 13.0. The van der Waals surface area contributed by atoms with Gasteiger partial charge in [-0.05, 0) is 43.6 Å². The monoisotopic (exact) mass is 467 g/mol. The van der Waals surface area contributed by atoms with Crippen LogP contribution in [0.4, 0.5) is 4.53 Å². The normalized spacial score (nSPS) is 18.4. The highest BCUT2D eigenvalue weighted by Crippen LogP contribution is 2.34. The van der Waals surface area contributed by atoms with E-state index in [4.69, 9.17) is 14.9 Å². The summed E-state index contributed by atoms with van der Waals surface area (Å²) in [5, 5.41) is 21.1. The molecule has 0 saturated carbocycles. The van der Waals surface area contributed by atoms with Crippen molar-refractivity contribution < 1.29 is 28.6 Å². The van der Waals surface area contributed by atoms with Crippen molar-refractivity contribution in [3.05, 3.63) is 59.1 Å². The Labute approximate surface area is 192 Å². The standard InChI is InChI=1S/C23H22FN5O5/c1-11-16(23(31)28-10-17(30)12(28)2)9-29-21(11)18(6-7-26-29)33-14-4-5-15-19(8-14)32-13(3)20(15)22(25)27-34-24/h4-9,12,17,30H,10H2,1-3H3,(H2,25,27)/t12-,17-/m1/s1. The maximum Gasteiger partial charge on any atom is 0.256 e. The van der Waals surface area contributed by atoms with Gasteiger partial charge in [0.2, 0.25) is 0 Å². The Morgan fingerprint density at radius 1 is 1.35 bits per heavy atom. The number of oxime groups is 1. The second-order valence-electron chi connectivity index (χ2n) is 8.26. The van der Waals surface area contributed by atoms with Crippen molar-refractivity contribution in [2.45, 2.75) is 32.9 Å². The smallest absolute Gasteiger partial charge is 0.256 e. The van der Waals surface area contributed by atoms with Crippen LogP contribution in [0.2, 0.25) is 0 Å². The minimum Gasteiger partial charge on any atom is -0.460 e. The number of hydrogen-bond acceptors (Lipinski definition) is 7. The van der Waals surface area contributed by atoms with Gasteiger partial charge in [-0.15, -0.1) is 0 Å². The number of carbonyl (C=O) groups excluding carboxylic acids is 1. The molecule has 0 aliphatic carbocycles. The van der Waals surface area contributed by atoms with Gasteiger partial charge in [0.25, 0.3) is 5.91 Å². The van der Waals surface area contributed by atoms with Gasteiger partial charge in [0.15, 0.2) is 11.6 Å². The first-order valence-corrected chi connectivity index (χ1v) is 10.6. The number of likely N-dealkylation sites (tertiary alicyclic amines) is 1. The molecular weight excluding hydrogens is 445 g/mol. The summed E-state index contributed by atoms with van der Waals surface area (Å²) in [5.74, 6) is 1.12. The van der Waals surface area contributed by atoms with Crippen molar-refractivity contribution in [2.75, 3.05) is 6.54 Å². The minimum atomic E-state index is -0.509. The van der Waals surface area contributed by atoms with Crippen LogP contribution in [-0.2, 0) is 5.04 Å². The van der Waals surface area contributed by atoms with E-state index in [-0.39, 0.29) is 17.8 Å². The fourth-order valence-corrected chi connectivity index (χ4v) is 4.33. The van der Waals surface area contributed by atoms with Crippen molar-refractivity contribution in [3.63, 3.8) is 0 Å². The highest BCUT2D eigenvalue weighted by Gasteiger charge is 2.38. The Morgan fingerprint density at radius 2 is 2.15 bits per heavy atom. The molecular formula is C23H22FN5O5. The van der Waals surface area contributed by atoms with Crippen LogP contribution < -0.4 is 10.5 Å². The van der Waals surface area contributed by atoms with E-state index >= 15 is 0 Å². The average molecular weight is 467 g/mol. The molecule has 0 radical (unpaired) electrons. The van der Waals surface area contributed by atoms with Gasteiger partial charge in [-0.2, -0.15) is 10.1 Å². The molecule has 11 heteroatoms. The topological polar surface area (TPSA) is 128 Å². The molecule has 4 aromatic rings. The Kier molecular flexibility index (Phi) is 5.13. The molecule has 0 unspecified atom stereocenters. The molecule has 5 rings (SSSR count). The molecule has 1 amide bonds. The summed E-state index contributed by atoms with van der Waals surface area (Å²) in [6.45, 7) is 5.63. The molecule has 3 aromatic heterocycles. The number of aliphatic hydroxyl groups is 1. The van der Waals surface area contributed by atoms with Gasteiger partial charge in [-0.1, -0.05) is 0 Å². The first-order chi connectivity index (χ1) is 16.3. The predicted molar refractivity (Wildman–Crippen MR) is 120 cm³/mol. The number of furan rings is 1. The minimum absolute atomic E-state index is 0.145. The molecule has 0 spiro atoms. The number of fused-ring (bicyclic) bond motifs is 2. The van der Waals surface area contributed by atoms with Crippen LogP contribution >= 0.6 is 0 Å². The van der Waals surface area contributed by atoms with Gasteiger partial charge < -0.3 is 24.9 Å². The number of hydrogen-bond donors (Lipinski definition) is 2. The van der Waals surface area contributed by atoms with E-state index in [0.29, 0.717) is 57.0 Å². The van der Waals surface area contributed by atoms with Gasteiger partial charge in [0.1, 0.15) is 22.6 Å². The van der Waals surface area contributed by atoms with Gasteiger partial charge in [0, 0.05) is 34.8 Å². The van der Waals surface area contributed by atoms with Crippen LogP contribution in [0.1, 0.15) is 34.2 Å². The first kappa shape index (κ1) is 21.7. The predicted octanol–water partition coefficient (Wildman–Crippen LogP) is 3.22. The highest BCUT2D eigenvalue weighted by molar-refractivity contribution is 6.09. The van der Waals surface area contributed by atoms with Crippen LogP contribution in [0, 0.1) is 13.8 Å². The Hall–Kier alpha value is -4.12. The molecule has 176 valence electrons. The number of halogens is 1. The third-order valence-electron chi connectivity index (χ3n) is 6.27. The van der Waals surface area contributed by atoms with Gasteiger partial charge in [-0.25, -0.2) is 4.52 Å². The summed E-state index contributed by atoms with van der Waals surface area (Å²) in [7, 11) is 0. The third kappa shape index (κ3) is 3.32. The van der Waals surface area contributed by atoms with E-state index < -0.39 is 6.10 Å². The van der Waals surface area contributed by atoms with Crippen LogP contribution in [0.25, 0.3) is 16.5 Å². The Balaban J connectivity index is 1.50. The van der Waals surface area contributed by atoms with Crippen molar-refractivity contribution in [3.8, 4) is 11.5 Å². The molecule has 1 fully saturated rings. The van der Waals surface area contributed by atoms with E-state index in [1.807, 2.05) is 13.8 Å². The number of amidine groups is 1. The van der Waals surface area contributed by atoms with E-state index in [2.05, 4.69) is 15.3 Å². The zero-order chi connectivity index (χ0) is 24.1. The SMILES string of the molecule is Cc1oc2cc(Oc3ccnn4cc(C(=O)N5C[C@@H](O)[C@H]5C)c(C)c34)ccc2c1/C(N)=N/OF. The molecule has 1 aliphatic heterocycles. The molecule has 1 aromatic carbocycles. The summed E-state index contributed by atoms with van der Waals surface area (Å²) in [5.41, 5.74) is 8.54. The van der Waals surface area contributed by atoms with E-state index in [1.165, 1.54) is 0 Å². The van der Waals surface area contributed by atoms with Crippen LogP contribution in [0.3, 0.4) is 0 Å². The average Bonchev–Trinajstić information content (AvgIpc) is 3.33. The van der Waals surface area contributed by atoms with E-state index in [0.717, 1.165) is 0 Å². The van der Waals surface area contributed by atoms with Crippen molar-refractivity contribution in [2.24, 2.45) is 10.9 Å². The lowest BCUT2D eigenvalue weighted by atomic mass is 9.99. The lowest BCUT2D eigenvalue weighted by molar-refractivity contribution is -0.131. The van der Waals surface area contributed by atoms with Crippen LogP contribution in [0.15, 0.2) is 46.2 Å². The third-order valence-corrected chi connectivity index (χ3v) is 6.27. The first-order valence-electron chi connectivity index (χ1n) is 10.6. The lowest BCUT2D eigenvalue weighted by Gasteiger charge is -2.43. The number of carbonyl (C=O) groups is 1. The fourth-order valence-electron chi connectivity index (χ4n) is 4.33. The quantitative estimate of drug-likeness (QED) is 0.262. The number of β-amino-alcohol motifs (C(OH)–C–C–N with tert-alkyl or cyclic N) is 1. The number of aromatic nitrogens is 2. The Bertz CT molecular complexity index is 1460. The van der Waals surface area contributed by atoms with Crippen molar-refractivity contribution >= 4 is 28.2 Å². The van der Waals surface area contributed by atoms with Crippen LogP contribution in [0.5, 0.6) is 11.5 Å². The van der Waals surface area contributed by atoms with Crippen LogP contribution in [-0.4, -0.2) is 50.1 Å². The number of nitrogens with zero attached hydrogens (tertiary/aromatic N) is 4. The molecule has 0 bridgehead atoms. The number of benzene rings is 1. The summed E-state index contributed by atoms with van der Waals surface area (Å²) in [6.07, 6.45) is 2.73. The van der Waals surface area contributed by atoms with Gasteiger partial charge in [-0.3, -0.25) is 4.79 Å². The van der Waals surface area contributed by atoms with E-state index in [1.54, 1.807) is 53.0 Å². The van der Waals surface area contributed by atoms with Crippen molar-refractivity contribution in [1.29, 1.82) is 0 Å². The number of amides is 1. The molecule has 1 aliphatic rings. The fraction of sp³-hybridized carbons (Fsp3) is 0.261. The number of aryl methyl sites for hydroxylation is 2. The molecule has 34 heavy (non-hydrogen) atoms. The van der Waals surface area contributed by atoms with Gasteiger partial charge >= 0.3 is 0 Å². The maximum absolute atomic E-state index is 13.0. The highest BCUT2D eigenvalue weighted by atomic mass is 19.3. The zero-order valence-corrected chi connectivity index (χ0v) is 18.7. The Morgan fingerprint density at radius 3 is 2.85 bits per heavy atom. The molecule has 10 nitrogen and oxygen atoms in total.